The first-order valence-electron chi connectivity index (χ1n) is 13.4. The zero-order chi connectivity index (χ0) is 27.8. The number of nitrogens with zero attached hydrogens (tertiary/aromatic N) is 2. The van der Waals surface area contributed by atoms with Gasteiger partial charge in [0.15, 0.2) is 5.69 Å². The van der Waals surface area contributed by atoms with Crippen LogP contribution < -0.4 is 10.9 Å². The number of halogens is 1. The number of carbonyl (C=O) groups excluding carboxylic acids is 1. The summed E-state index contributed by atoms with van der Waals surface area (Å²) in [7, 11) is 0. The number of aromatic amines is 2. The number of carboxylic acid groups (broad SMARTS) is 1. The van der Waals surface area contributed by atoms with Crippen LogP contribution in [0.2, 0.25) is 0 Å². The Morgan fingerprint density at radius 1 is 1.10 bits per heavy atom. The number of H-pyrrole nitrogens is 2. The van der Waals surface area contributed by atoms with Gasteiger partial charge in [-0.25, -0.2) is 9.18 Å². The van der Waals surface area contributed by atoms with E-state index in [9.17, 15) is 23.9 Å². The standard InChI is InChI=1S/C30H28FN5O4/c31-20-10-6-9-18(13-20)27-26(17-7-2-1-3-8-17)29(38)36-25(34-27)15-23(35-36)28(37)33-24(30(39)40)14-19-16-32-22-12-5-4-11-21(19)22/h4-6,9-13,15-17,24,32,34H,1-3,7-8,14H2,(H,33,37)(H,39,40)/t24-/m0/s1. The van der Waals surface area contributed by atoms with E-state index in [0.29, 0.717) is 16.8 Å². The van der Waals surface area contributed by atoms with Crippen molar-refractivity contribution in [3.05, 3.63) is 93.8 Å². The van der Waals surface area contributed by atoms with E-state index in [2.05, 4.69) is 20.4 Å². The molecule has 10 heteroatoms. The second-order valence-electron chi connectivity index (χ2n) is 10.3. The second kappa shape index (κ2) is 10.4. The molecule has 4 N–H and O–H groups in total. The second-order valence-corrected chi connectivity index (χ2v) is 10.3. The van der Waals surface area contributed by atoms with Crippen LogP contribution >= 0.6 is 0 Å². The Balaban J connectivity index is 1.35. The highest BCUT2D eigenvalue weighted by Crippen LogP contribution is 2.36. The van der Waals surface area contributed by atoms with E-state index in [4.69, 9.17) is 0 Å². The van der Waals surface area contributed by atoms with Crippen molar-refractivity contribution in [1.82, 2.24) is 24.9 Å². The number of aliphatic carboxylic acids is 1. The monoisotopic (exact) mass is 541 g/mol. The summed E-state index contributed by atoms with van der Waals surface area (Å²) in [6, 6.07) is 13.8. The van der Waals surface area contributed by atoms with Crippen LogP contribution in [0.25, 0.3) is 27.8 Å². The fourth-order valence-electron chi connectivity index (χ4n) is 5.75. The molecule has 1 aliphatic carbocycles. The topological polar surface area (TPSA) is 132 Å². The summed E-state index contributed by atoms with van der Waals surface area (Å²) < 4.78 is 15.3. The number of carboxylic acids is 1. The number of carbonyl (C=O) groups is 2. The van der Waals surface area contributed by atoms with Gasteiger partial charge in [-0.3, -0.25) is 9.59 Å². The Morgan fingerprint density at radius 2 is 1.90 bits per heavy atom. The molecule has 0 unspecified atom stereocenters. The highest BCUT2D eigenvalue weighted by molar-refractivity contribution is 5.96. The Labute approximate surface area is 228 Å². The van der Waals surface area contributed by atoms with Gasteiger partial charge >= 0.3 is 5.97 Å². The quantitative estimate of drug-likeness (QED) is 0.235. The number of hydrogen-bond donors (Lipinski definition) is 4. The molecule has 0 aliphatic heterocycles. The van der Waals surface area contributed by atoms with Crippen LogP contribution in [0.3, 0.4) is 0 Å². The van der Waals surface area contributed by atoms with Crippen LogP contribution in [0.5, 0.6) is 0 Å². The molecule has 0 bridgehead atoms. The lowest BCUT2D eigenvalue weighted by Crippen LogP contribution is -2.42. The molecular formula is C30H28FN5O4. The lowest BCUT2D eigenvalue weighted by Gasteiger charge is -2.23. The molecule has 204 valence electrons. The van der Waals surface area contributed by atoms with Crippen molar-refractivity contribution in [2.45, 2.75) is 50.5 Å². The Bertz CT molecular complexity index is 1800. The number of aromatic nitrogens is 4. The first-order valence-corrected chi connectivity index (χ1v) is 13.4. The first-order chi connectivity index (χ1) is 19.4. The zero-order valence-corrected chi connectivity index (χ0v) is 21.6. The average Bonchev–Trinajstić information content (AvgIpc) is 3.58. The average molecular weight is 542 g/mol. The molecule has 1 atom stereocenters. The molecule has 0 radical (unpaired) electrons. The maximum atomic E-state index is 14.1. The normalized spacial score (nSPS) is 14.9. The van der Waals surface area contributed by atoms with E-state index in [1.807, 2.05) is 24.3 Å². The van der Waals surface area contributed by atoms with Gasteiger partial charge in [-0.2, -0.15) is 9.61 Å². The third-order valence-electron chi connectivity index (χ3n) is 7.72. The fourth-order valence-corrected chi connectivity index (χ4v) is 5.75. The molecule has 40 heavy (non-hydrogen) atoms. The van der Waals surface area contributed by atoms with E-state index in [1.165, 1.54) is 18.2 Å². The van der Waals surface area contributed by atoms with Crippen LogP contribution in [0.15, 0.2) is 65.6 Å². The number of nitrogens with one attached hydrogen (secondary N) is 3. The molecule has 0 saturated heterocycles. The highest BCUT2D eigenvalue weighted by atomic mass is 19.1. The molecular weight excluding hydrogens is 513 g/mol. The highest BCUT2D eigenvalue weighted by Gasteiger charge is 2.27. The van der Waals surface area contributed by atoms with Gasteiger partial charge in [0.25, 0.3) is 11.5 Å². The molecule has 3 heterocycles. The molecule has 1 aliphatic rings. The number of para-hydroxylation sites is 1. The number of benzene rings is 2. The van der Waals surface area contributed by atoms with Gasteiger partial charge in [0, 0.05) is 40.7 Å². The van der Waals surface area contributed by atoms with E-state index < -0.39 is 23.7 Å². The summed E-state index contributed by atoms with van der Waals surface area (Å²) in [6.45, 7) is 0. The molecule has 6 rings (SSSR count). The minimum atomic E-state index is -1.21. The summed E-state index contributed by atoms with van der Waals surface area (Å²) in [5, 5.41) is 17.5. The summed E-state index contributed by atoms with van der Waals surface area (Å²) in [5.74, 6) is -2.34. The zero-order valence-electron chi connectivity index (χ0n) is 21.6. The smallest absolute Gasteiger partial charge is 0.326 e. The van der Waals surface area contributed by atoms with Gasteiger partial charge in [0.1, 0.15) is 17.5 Å². The van der Waals surface area contributed by atoms with Gasteiger partial charge in [0.05, 0.1) is 5.69 Å². The predicted molar refractivity (Wildman–Crippen MR) is 148 cm³/mol. The van der Waals surface area contributed by atoms with Crippen molar-refractivity contribution in [3.63, 3.8) is 0 Å². The molecule has 0 spiro atoms. The van der Waals surface area contributed by atoms with Gasteiger partial charge in [-0.05, 0) is 42.5 Å². The van der Waals surface area contributed by atoms with E-state index in [0.717, 1.165) is 53.1 Å². The number of hydrogen-bond acceptors (Lipinski definition) is 4. The predicted octanol–water partition coefficient (Wildman–Crippen LogP) is 4.78. The number of rotatable bonds is 7. The van der Waals surface area contributed by atoms with Crippen LogP contribution in [0.4, 0.5) is 4.39 Å². The molecule has 1 saturated carbocycles. The van der Waals surface area contributed by atoms with Crippen LogP contribution in [-0.4, -0.2) is 42.6 Å². The van der Waals surface area contributed by atoms with Gasteiger partial charge < -0.3 is 20.4 Å². The van der Waals surface area contributed by atoms with Crippen molar-refractivity contribution >= 4 is 28.4 Å². The van der Waals surface area contributed by atoms with Crippen LogP contribution in [0, 0.1) is 5.82 Å². The van der Waals surface area contributed by atoms with Crippen molar-refractivity contribution < 1.29 is 19.1 Å². The van der Waals surface area contributed by atoms with Gasteiger partial charge in [0.2, 0.25) is 0 Å². The lowest BCUT2D eigenvalue weighted by atomic mass is 9.83. The summed E-state index contributed by atoms with van der Waals surface area (Å²) in [6.07, 6.45) is 6.54. The van der Waals surface area contributed by atoms with E-state index in [-0.39, 0.29) is 29.2 Å². The van der Waals surface area contributed by atoms with Crippen molar-refractivity contribution in [1.29, 1.82) is 0 Å². The van der Waals surface area contributed by atoms with Gasteiger partial charge in [-0.1, -0.05) is 49.6 Å². The SMILES string of the molecule is O=C(N[C@@H](Cc1c[nH]c2ccccc12)C(=O)O)c1cc2[nH]c(-c3cccc(F)c3)c(C3CCCCC3)c(=O)n2n1. The van der Waals surface area contributed by atoms with E-state index in [1.54, 1.807) is 18.3 Å². The maximum Gasteiger partial charge on any atom is 0.326 e. The fraction of sp³-hybridized carbons (Fsp3) is 0.267. The molecule has 1 fully saturated rings. The number of amides is 1. The van der Waals surface area contributed by atoms with Crippen LogP contribution in [-0.2, 0) is 11.2 Å². The Hall–Kier alpha value is -4.73. The molecule has 1 amide bonds. The largest absolute Gasteiger partial charge is 0.480 e. The number of fused-ring (bicyclic) bond motifs is 2. The summed E-state index contributed by atoms with van der Waals surface area (Å²) >= 11 is 0. The third kappa shape index (κ3) is 4.76. The Kier molecular flexibility index (Phi) is 6.67. The van der Waals surface area contributed by atoms with Gasteiger partial charge in [-0.15, -0.1) is 0 Å². The molecule has 3 aromatic heterocycles. The molecule has 9 nitrogen and oxygen atoms in total. The minimum Gasteiger partial charge on any atom is -0.480 e. The van der Waals surface area contributed by atoms with Crippen molar-refractivity contribution in [2.24, 2.45) is 0 Å². The third-order valence-corrected chi connectivity index (χ3v) is 7.72. The maximum absolute atomic E-state index is 14.1. The first kappa shape index (κ1) is 25.5. The van der Waals surface area contributed by atoms with Crippen molar-refractivity contribution in [3.8, 4) is 11.3 Å². The molecule has 5 aromatic rings. The Morgan fingerprint density at radius 3 is 2.67 bits per heavy atom. The van der Waals surface area contributed by atoms with Crippen molar-refractivity contribution in [2.75, 3.05) is 0 Å². The lowest BCUT2D eigenvalue weighted by molar-refractivity contribution is -0.139. The van der Waals surface area contributed by atoms with E-state index >= 15 is 0 Å². The molecule has 2 aromatic carbocycles. The van der Waals surface area contributed by atoms with Crippen LogP contribution in [0.1, 0.15) is 59.6 Å². The summed E-state index contributed by atoms with van der Waals surface area (Å²) in [4.78, 5) is 45.4. The minimum absolute atomic E-state index is 0.0193. The summed E-state index contributed by atoms with van der Waals surface area (Å²) in [5.41, 5.74) is 3.00.